The van der Waals surface area contributed by atoms with E-state index >= 15 is 0 Å². The van der Waals surface area contributed by atoms with Gasteiger partial charge in [-0.05, 0) is 13.3 Å². The smallest absolute Gasteiger partial charge is 0.305 e. The second-order valence-corrected chi connectivity index (χ2v) is 6.26. The van der Waals surface area contributed by atoms with Crippen molar-refractivity contribution in [2.75, 3.05) is 26.9 Å². The third-order valence-corrected chi connectivity index (χ3v) is 5.03. The van der Waals surface area contributed by atoms with Crippen molar-refractivity contribution in [2.24, 2.45) is 5.92 Å². The molecule has 23 heavy (non-hydrogen) atoms. The molecule has 2 fully saturated rings. The van der Waals surface area contributed by atoms with Gasteiger partial charge in [-0.15, -0.1) is 0 Å². The van der Waals surface area contributed by atoms with Crippen LogP contribution >= 0.6 is 0 Å². The van der Waals surface area contributed by atoms with Gasteiger partial charge in [0.1, 0.15) is 6.10 Å². The number of nitrogens with zero attached hydrogens (tertiary/aromatic N) is 1. The van der Waals surface area contributed by atoms with E-state index in [-0.39, 0.29) is 17.3 Å². The summed E-state index contributed by atoms with van der Waals surface area (Å²) in [5, 5.41) is 11.8. The minimum absolute atomic E-state index is 0.133. The lowest BCUT2D eigenvalue weighted by Crippen LogP contribution is -2.62. The molecule has 0 N–H and O–H groups in total. The van der Waals surface area contributed by atoms with Crippen LogP contribution in [0.5, 0.6) is 0 Å². The van der Waals surface area contributed by atoms with Crippen LogP contribution in [0.25, 0.3) is 0 Å². The number of rotatable bonds is 6. The molecule has 0 aromatic carbocycles. The van der Waals surface area contributed by atoms with Crippen molar-refractivity contribution in [2.45, 2.75) is 57.0 Å². The third kappa shape index (κ3) is 3.49. The summed E-state index contributed by atoms with van der Waals surface area (Å²) in [4.78, 5) is 23.1. The molecule has 132 valence electrons. The van der Waals surface area contributed by atoms with Crippen LogP contribution in [0.4, 0.5) is 0 Å². The van der Waals surface area contributed by atoms with Crippen LogP contribution in [0.3, 0.4) is 0 Å². The van der Waals surface area contributed by atoms with E-state index in [1.807, 2.05) is 0 Å². The summed E-state index contributed by atoms with van der Waals surface area (Å²) < 4.78 is 21.8. The van der Waals surface area contributed by atoms with Crippen LogP contribution in [0.15, 0.2) is 0 Å². The second kappa shape index (κ2) is 7.11. The van der Waals surface area contributed by atoms with E-state index in [9.17, 15) is 14.9 Å². The molecule has 1 spiro atoms. The highest BCUT2D eigenvalue weighted by atomic mass is 16.7. The number of carbonyl (C=O) groups is 1. The van der Waals surface area contributed by atoms with Gasteiger partial charge in [0.05, 0.1) is 19.8 Å². The lowest BCUT2D eigenvalue weighted by Gasteiger charge is -2.46. The van der Waals surface area contributed by atoms with Crippen LogP contribution in [0, 0.1) is 16.0 Å². The van der Waals surface area contributed by atoms with E-state index in [0.29, 0.717) is 39.1 Å². The molecule has 1 aliphatic heterocycles. The van der Waals surface area contributed by atoms with Crippen LogP contribution in [0.2, 0.25) is 0 Å². The Bertz CT molecular complexity index is 449. The van der Waals surface area contributed by atoms with Gasteiger partial charge in [0, 0.05) is 44.1 Å². The fourth-order valence-electron chi connectivity index (χ4n) is 3.66. The number of nitro groups is 1. The van der Waals surface area contributed by atoms with Crippen molar-refractivity contribution < 1.29 is 28.7 Å². The van der Waals surface area contributed by atoms with Crippen molar-refractivity contribution in [3.63, 3.8) is 0 Å². The first kappa shape index (κ1) is 18.1. The maximum absolute atomic E-state index is 11.8. The lowest BCUT2D eigenvalue weighted by atomic mass is 9.68. The van der Waals surface area contributed by atoms with E-state index in [4.69, 9.17) is 18.9 Å². The van der Waals surface area contributed by atoms with Gasteiger partial charge in [0.15, 0.2) is 5.79 Å². The summed E-state index contributed by atoms with van der Waals surface area (Å²) in [6.45, 7) is 4.55. The Hall–Kier alpha value is -1.25. The molecule has 0 radical (unpaired) electrons. The highest BCUT2D eigenvalue weighted by molar-refractivity contribution is 5.69. The molecule has 0 unspecified atom stereocenters. The zero-order valence-electron chi connectivity index (χ0n) is 13.9. The maximum atomic E-state index is 11.8. The largest absolute Gasteiger partial charge is 0.466 e. The summed E-state index contributed by atoms with van der Waals surface area (Å²) in [6.07, 6.45) is 0.524. The molecule has 0 aromatic rings. The first-order valence-corrected chi connectivity index (χ1v) is 7.99. The molecule has 8 heteroatoms. The molecule has 1 saturated carbocycles. The average molecular weight is 331 g/mol. The van der Waals surface area contributed by atoms with Crippen molar-refractivity contribution >= 4 is 5.97 Å². The van der Waals surface area contributed by atoms with E-state index in [1.54, 1.807) is 13.8 Å². The number of hydrogen-bond donors (Lipinski definition) is 0. The summed E-state index contributed by atoms with van der Waals surface area (Å²) in [6, 6.07) is 0. The molecule has 2 rings (SSSR count). The first-order chi connectivity index (χ1) is 10.9. The number of ether oxygens (including phenoxy) is 4. The van der Waals surface area contributed by atoms with Gasteiger partial charge in [-0.2, -0.15) is 0 Å². The standard InChI is InChI=1S/C15H25NO7/c1-4-21-13(17)6-5-11-9-15(22-7-8-23-15)10-12(20-3)14(11,2)16(18)19/h11-12H,4-10H2,1-3H3/t11-,12+,14+/m0/s1. The fourth-order valence-corrected chi connectivity index (χ4v) is 3.66. The molecular weight excluding hydrogens is 306 g/mol. The molecule has 1 aliphatic carbocycles. The van der Waals surface area contributed by atoms with Crippen molar-refractivity contribution in [3.8, 4) is 0 Å². The van der Waals surface area contributed by atoms with Gasteiger partial charge in [0.2, 0.25) is 5.54 Å². The molecule has 0 amide bonds. The monoisotopic (exact) mass is 331 g/mol. The Morgan fingerprint density at radius 2 is 2.00 bits per heavy atom. The Balaban J connectivity index is 2.20. The van der Waals surface area contributed by atoms with Crippen molar-refractivity contribution in [1.82, 2.24) is 0 Å². The summed E-state index contributed by atoms with van der Waals surface area (Å²) in [5.41, 5.74) is -1.29. The van der Waals surface area contributed by atoms with E-state index in [2.05, 4.69) is 0 Å². The molecular formula is C15H25NO7. The van der Waals surface area contributed by atoms with Crippen molar-refractivity contribution in [3.05, 3.63) is 10.1 Å². The SMILES string of the molecule is CCOC(=O)CC[C@H]1CC2(C[C@@H](OC)[C@]1(C)[N+](=O)[O-])OCCO2. The van der Waals surface area contributed by atoms with Gasteiger partial charge < -0.3 is 18.9 Å². The Kier molecular flexibility index (Phi) is 5.59. The van der Waals surface area contributed by atoms with E-state index < -0.39 is 23.3 Å². The van der Waals surface area contributed by atoms with Gasteiger partial charge in [0.25, 0.3) is 0 Å². The summed E-state index contributed by atoms with van der Waals surface area (Å²) >= 11 is 0. The molecule has 0 bridgehead atoms. The molecule has 2 aliphatic rings. The zero-order valence-corrected chi connectivity index (χ0v) is 13.9. The van der Waals surface area contributed by atoms with E-state index in [1.165, 1.54) is 7.11 Å². The van der Waals surface area contributed by atoms with Gasteiger partial charge in [-0.1, -0.05) is 0 Å². The highest BCUT2D eigenvalue weighted by Gasteiger charge is 2.62. The first-order valence-electron chi connectivity index (χ1n) is 7.99. The van der Waals surface area contributed by atoms with Gasteiger partial charge in [-0.25, -0.2) is 0 Å². The highest BCUT2D eigenvalue weighted by Crippen LogP contribution is 2.47. The van der Waals surface area contributed by atoms with Gasteiger partial charge >= 0.3 is 5.97 Å². The molecule has 1 heterocycles. The normalized spacial score (nSPS) is 32.8. The Morgan fingerprint density at radius 1 is 1.35 bits per heavy atom. The molecule has 8 nitrogen and oxygen atoms in total. The number of hydrogen-bond acceptors (Lipinski definition) is 7. The number of esters is 1. The second-order valence-electron chi connectivity index (χ2n) is 6.26. The summed E-state index contributed by atoms with van der Waals surface area (Å²) in [5.74, 6) is -1.59. The Morgan fingerprint density at radius 3 is 2.52 bits per heavy atom. The fraction of sp³-hybridized carbons (Fsp3) is 0.933. The molecule has 1 saturated heterocycles. The molecule has 0 aromatic heterocycles. The minimum atomic E-state index is -1.29. The minimum Gasteiger partial charge on any atom is -0.466 e. The predicted octanol–water partition coefficient (Wildman–Crippen LogP) is 1.53. The van der Waals surface area contributed by atoms with Gasteiger partial charge in [-0.3, -0.25) is 14.9 Å². The topological polar surface area (TPSA) is 97.1 Å². The van der Waals surface area contributed by atoms with E-state index in [0.717, 1.165) is 0 Å². The van der Waals surface area contributed by atoms with Crippen molar-refractivity contribution in [1.29, 1.82) is 0 Å². The lowest BCUT2D eigenvalue weighted by molar-refractivity contribution is -0.598. The van der Waals surface area contributed by atoms with Crippen LogP contribution in [-0.2, 0) is 23.7 Å². The average Bonchev–Trinajstić information content (AvgIpc) is 2.96. The maximum Gasteiger partial charge on any atom is 0.305 e. The Labute approximate surface area is 135 Å². The zero-order chi connectivity index (χ0) is 17.1. The third-order valence-electron chi connectivity index (χ3n) is 5.03. The number of carbonyl (C=O) groups excluding carboxylic acids is 1. The molecule has 3 atom stereocenters. The van der Waals surface area contributed by atoms with Crippen LogP contribution in [0.1, 0.15) is 39.5 Å². The quantitative estimate of drug-likeness (QED) is 0.413. The van der Waals surface area contributed by atoms with Crippen LogP contribution in [-0.4, -0.2) is 55.3 Å². The number of methoxy groups -OCH3 is 1. The van der Waals surface area contributed by atoms with Crippen LogP contribution < -0.4 is 0 Å². The predicted molar refractivity (Wildman–Crippen MR) is 79.4 cm³/mol. The summed E-state index contributed by atoms with van der Waals surface area (Å²) in [7, 11) is 1.46.